The van der Waals surface area contributed by atoms with Crippen LogP contribution in [0.25, 0.3) is 11.1 Å². The van der Waals surface area contributed by atoms with E-state index in [0.717, 1.165) is 0 Å². The number of para-hydroxylation sites is 1. The van der Waals surface area contributed by atoms with Gasteiger partial charge in [0.25, 0.3) is 0 Å². The van der Waals surface area contributed by atoms with E-state index in [1.165, 1.54) is 30.3 Å². The standard InChI is InChI=1S/C23H18F2O4/c24-20-8-7-17(29-16-4-2-1-3-5-16)12-18(20)14-6-9-22(21(25)11-14)28-13-15-10-19(15)23(26)27/h1-9,11-12,15,19H,10,13H2,(H,26,27)/t15-,19+/m0/s1. The molecular formula is C23H18F2O4. The molecule has 3 aromatic carbocycles. The second-order valence-corrected chi connectivity index (χ2v) is 6.95. The molecule has 0 unspecified atom stereocenters. The summed E-state index contributed by atoms with van der Waals surface area (Å²) in [6, 6.07) is 17.6. The van der Waals surface area contributed by atoms with Gasteiger partial charge in [-0.05, 0) is 54.4 Å². The number of carboxylic acids is 1. The van der Waals surface area contributed by atoms with Gasteiger partial charge in [-0.1, -0.05) is 24.3 Å². The van der Waals surface area contributed by atoms with Crippen molar-refractivity contribution in [3.63, 3.8) is 0 Å². The normalized spacial score (nSPS) is 17.6. The Kier molecular flexibility index (Phi) is 5.16. The van der Waals surface area contributed by atoms with Crippen LogP contribution < -0.4 is 9.47 Å². The fraction of sp³-hybridized carbons (Fsp3) is 0.174. The predicted octanol–water partition coefficient (Wildman–Crippen LogP) is 5.52. The summed E-state index contributed by atoms with van der Waals surface area (Å²) in [4.78, 5) is 10.9. The van der Waals surface area contributed by atoms with Crippen LogP contribution >= 0.6 is 0 Å². The summed E-state index contributed by atoms with van der Waals surface area (Å²) in [5, 5.41) is 8.90. The number of aliphatic carboxylic acids is 1. The van der Waals surface area contributed by atoms with Crippen molar-refractivity contribution in [3.8, 4) is 28.4 Å². The van der Waals surface area contributed by atoms with Gasteiger partial charge in [0, 0.05) is 11.5 Å². The molecule has 0 spiro atoms. The van der Waals surface area contributed by atoms with E-state index in [1.807, 2.05) is 18.2 Å². The molecule has 148 valence electrons. The molecule has 6 heteroatoms. The van der Waals surface area contributed by atoms with E-state index in [4.69, 9.17) is 14.6 Å². The van der Waals surface area contributed by atoms with Crippen molar-refractivity contribution >= 4 is 5.97 Å². The number of hydrogen-bond acceptors (Lipinski definition) is 3. The molecule has 1 aliphatic rings. The van der Waals surface area contributed by atoms with Gasteiger partial charge < -0.3 is 14.6 Å². The molecule has 1 aliphatic carbocycles. The van der Waals surface area contributed by atoms with Crippen molar-refractivity contribution < 1.29 is 28.2 Å². The Labute approximate surface area is 166 Å². The first-order chi connectivity index (χ1) is 14.0. The van der Waals surface area contributed by atoms with Crippen molar-refractivity contribution in [1.29, 1.82) is 0 Å². The smallest absolute Gasteiger partial charge is 0.306 e. The Morgan fingerprint density at radius 1 is 0.966 bits per heavy atom. The van der Waals surface area contributed by atoms with Gasteiger partial charge in [-0.25, -0.2) is 8.78 Å². The number of carbonyl (C=O) groups is 1. The first-order valence-electron chi connectivity index (χ1n) is 9.19. The molecule has 0 saturated heterocycles. The van der Waals surface area contributed by atoms with E-state index in [1.54, 1.807) is 18.2 Å². The highest BCUT2D eigenvalue weighted by Crippen LogP contribution is 2.39. The molecule has 0 bridgehead atoms. The molecule has 0 aliphatic heterocycles. The second-order valence-electron chi connectivity index (χ2n) is 6.95. The molecule has 2 atom stereocenters. The summed E-state index contributed by atoms with van der Waals surface area (Å²) in [6.45, 7) is 0.141. The Balaban J connectivity index is 1.50. The average molecular weight is 396 g/mol. The number of benzene rings is 3. The Bertz CT molecular complexity index is 1040. The van der Waals surface area contributed by atoms with Crippen LogP contribution in [0.15, 0.2) is 66.7 Å². The van der Waals surface area contributed by atoms with E-state index >= 15 is 0 Å². The summed E-state index contributed by atoms with van der Waals surface area (Å²) in [5.41, 5.74) is 0.553. The van der Waals surface area contributed by atoms with Crippen molar-refractivity contribution in [2.24, 2.45) is 11.8 Å². The van der Waals surface area contributed by atoms with Gasteiger partial charge in [-0.15, -0.1) is 0 Å². The van der Waals surface area contributed by atoms with E-state index in [2.05, 4.69) is 0 Å². The first-order valence-corrected chi connectivity index (χ1v) is 9.19. The maximum atomic E-state index is 14.4. The molecule has 3 aromatic rings. The lowest BCUT2D eigenvalue weighted by atomic mass is 10.0. The zero-order chi connectivity index (χ0) is 20.4. The molecular weight excluding hydrogens is 378 g/mol. The molecule has 1 saturated carbocycles. The summed E-state index contributed by atoms with van der Waals surface area (Å²) in [5.74, 6) is -1.45. The molecule has 1 N–H and O–H groups in total. The van der Waals surface area contributed by atoms with Crippen LogP contribution in [0.3, 0.4) is 0 Å². The third kappa shape index (κ3) is 4.37. The van der Waals surface area contributed by atoms with Gasteiger partial charge in [0.2, 0.25) is 0 Å². The minimum absolute atomic E-state index is 0.0156. The van der Waals surface area contributed by atoms with Crippen molar-refractivity contribution in [1.82, 2.24) is 0 Å². The first kappa shape index (κ1) is 18.9. The monoisotopic (exact) mass is 396 g/mol. The minimum Gasteiger partial charge on any atom is -0.490 e. The summed E-state index contributed by atoms with van der Waals surface area (Å²) in [7, 11) is 0. The highest BCUT2D eigenvalue weighted by atomic mass is 19.1. The molecule has 4 nitrogen and oxygen atoms in total. The molecule has 29 heavy (non-hydrogen) atoms. The van der Waals surface area contributed by atoms with Crippen LogP contribution in [0.4, 0.5) is 8.78 Å². The third-order valence-electron chi connectivity index (χ3n) is 4.85. The van der Waals surface area contributed by atoms with Crippen molar-refractivity contribution in [2.75, 3.05) is 6.61 Å². The highest BCUT2D eigenvalue weighted by molar-refractivity contribution is 5.73. The van der Waals surface area contributed by atoms with Gasteiger partial charge in [0.05, 0.1) is 12.5 Å². The Morgan fingerprint density at radius 2 is 1.76 bits per heavy atom. The average Bonchev–Trinajstić information content (AvgIpc) is 3.49. The fourth-order valence-electron chi connectivity index (χ4n) is 3.13. The van der Waals surface area contributed by atoms with Crippen LogP contribution in [0.5, 0.6) is 17.2 Å². The van der Waals surface area contributed by atoms with Gasteiger partial charge >= 0.3 is 5.97 Å². The topological polar surface area (TPSA) is 55.8 Å². The van der Waals surface area contributed by atoms with Crippen molar-refractivity contribution in [2.45, 2.75) is 6.42 Å². The molecule has 0 aromatic heterocycles. The largest absolute Gasteiger partial charge is 0.490 e. The van der Waals surface area contributed by atoms with Gasteiger partial charge in [0.15, 0.2) is 11.6 Å². The SMILES string of the molecule is O=C(O)[C@@H]1C[C@H]1COc1ccc(-c2cc(Oc3ccccc3)ccc2F)cc1F. The second kappa shape index (κ2) is 7.91. The maximum absolute atomic E-state index is 14.4. The maximum Gasteiger partial charge on any atom is 0.306 e. The highest BCUT2D eigenvalue weighted by Gasteiger charge is 2.43. The number of halogens is 2. The van der Waals surface area contributed by atoms with Gasteiger partial charge in [0.1, 0.15) is 17.3 Å². The van der Waals surface area contributed by atoms with E-state index in [-0.39, 0.29) is 23.8 Å². The number of hydrogen-bond donors (Lipinski definition) is 1. The quantitative estimate of drug-likeness (QED) is 0.571. The number of carboxylic acid groups (broad SMARTS) is 1. The zero-order valence-electron chi connectivity index (χ0n) is 15.3. The lowest BCUT2D eigenvalue weighted by Crippen LogP contribution is -2.07. The summed E-state index contributed by atoms with van der Waals surface area (Å²) < 4.78 is 39.9. The number of rotatable bonds is 7. The van der Waals surface area contributed by atoms with Crippen LogP contribution in [0, 0.1) is 23.5 Å². The third-order valence-corrected chi connectivity index (χ3v) is 4.85. The Hall–Kier alpha value is -3.41. The molecule has 0 amide bonds. The van der Waals surface area contributed by atoms with Crippen LogP contribution in [0.1, 0.15) is 6.42 Å². The summed E-state index contributed by atoms with van der Waals surface area (Å²) in [6.07, 6.45) is 0.536. The molecule has 0 radical (unpaired) electrons. The van der Waals surface area contributed by atoms with E-state index in [9.17, 15) is 13.6 Å². The van der Waals surface area contributed by atoms with E-state index in [0.29, 0.717) is 23.5 Å². The predicted molar refractivity (Wildman–Crippen MR) is 103 cm³/mol. The summed E-state index contributed by atoms with van der Waals surface area (Å²) >= 11 is 0. The molecule has 0 heterocycles. The molecule has 4 rings (SSSR count). The fourth-order valence-corrected chi connectivity index (χ4v) is 3.13. The van der Waals surface area contributed by atoms with Gasteiger partial charge in [-0.3, -0.25) is 4.79 Å². The lowest BCUT2D eigenvalue weighted by molar-refractivity contribution is -0.138. The lowest BCUT2D eigenvalue weighted by Gasteiger charge is -2.11. The van der Waals surface area contributed by atoms with E-state index < -0.39 is 23.5 Å². The van der Waals surface area contributed by atoms with Crippen LogP contribution in [0.2, 0.25) is 0 Å². The van der Waals surface area contributed by atoms with Gasteiger partial charge in [-0.2, -0.15) is 0 Å². The zero-order valence-corrected chi connectivity index (χ0v) is 15.3. The minimum atomic E-state index is -0.859. The van der Waals surface area contributed by atoms with Crippen LogP contribution in [-0.2, 0) is 4.79 Å². The molecule has 1 fully saturated rings. The number of ether oxygens (including phenoxy) is 2. The van der Waals surface area contributed by atoms with Crippen molar-refractivity contribution in [3.05, 3.63) is 78.4 Å². The Morgan fingerprint density at radius 3 is 2.45 bits per heavy atom. The van der Waals surface area contributed by atoms with Crippen LogP contribution in [-0.4, -0.2) is 17.7 Å².